The molecule has 0 saturated heterocycles. The Morgan fingerprint density at radius 2 is 2.07 bits per heavy atom. The van der Waals surface area contributed by atoms with E-state index in [1.807, 2.05) is 0 Å². The van der Waals surface area contributed by atoms with Gasteiger partial charge < -0.3 is 23.7 Å². The fourth-order valence-electron chi connectivity index (χ4n) is 2.42. The predicted octanol–water partition coefficient (Wildman–Crippen LogP) is 1.50. The van der Waals surface area contributed by atoms with Gasteiger partial charge in [-0.15, -0.1) is 0 Å². The first-order chi connectivity index (χ1) is 12.9. The number of hydrogen-bond donors (Lipinski definition) is 1. The topological polar surface area (TPSA) is 111 Å². The van der Waals surface area contributed by atoms with E-state index in [-0.39, 0.29) is 30.2 Å². The molecule has 0 saturated carbocycles. The Hall–Kier alpha value is -3.62. The Bertz CT molecular complexity index is 1020. The molecule has 0 atom stereocenters. The number of furan rings is 1. The van der Waals surface area contributed by atoms with Crippen LogP contribution in [0.4, 0.5) is 5.82 Å². The van der Waals surface area contributed by atoms with E-state index in [9.17, 15) is 14.4 Å². The standard InChI is InChI=1S/C18H18N4O5/c1-12-9-15(20-27-12)19-16(23)11-21(2)18(25)14-7-6-13(26-14)10-22-8-4-3-5-17(22)24/h3-9H,10-11H2,1-2H3,(H,19,20,23). The van der Waals surface area contributed by atoms with Crippen molar-refractivity contribution in [2.24, 2.45) is 0 Å². The summed E-state index contributed by atoms with van der Waals surface area (Å²) >= 11 is 0. The van der Waals surface area contributed by atoms with Gasteiger partial charge in [0.2, 0.25) is 5.91 Å². The van der Waals surface area contributed by atoms with Gasteiger partial charge in [-0.25, -0.2) is 0 Å². The van der Waals surface area contributed by atoms with E-state index >= 15 is 0 Å². The number of rotatable bonds is 6. The van der Waals surface area contributed by atoms with Crippen LogP contribution in [0.2, 0.25) is 0 Å². The number of amides is 2. The summed E-state index contributed by atoms with van der Waals surface area (Å²) in [6.45, 7) is 1.73. The van der Waals surface area contributed by atoms with E-state index in [0.29, 0.717) is 11.5 Å². The summed E-state index contributed by atoms with van der Waals surface area (Å²) in [6.07, 6.45) is 1.63. The minimum Gasteiger partial charge on any atom is -0.454 e. The molecule has 9 nitrogen and oxygen atoms in total. The maximum Gasteiger partial charge on any atom is 0.289 e. The van der Waals surface area contributed by atoms with Gasteiger partial charge in [0.05, 0.1) is 6.54 Å². The molecule has 0 spiro atoms. The van der Waals surface area contributed by atoms with E-state index in [2.05, 4.69) is 10.5 Å². The Labute approximate surface area is 154 Å². The van der Waals surface area contributed by atoms with Crippen LogP contribution in [0.5, 0.6) is 0 Å². The number of hydrogen-bond acceptors (Lipinski definition) is 6. The zero-order chi connectivity index (χ0) is 19.4. The van der Waals surface area contributed by atoms with E-state index < -0.39 is 11.8 Å². The highest BCUT2D eigenvalue weighted by Crippen LogP contribution is 2.12. The second-order valence-corrected chi connectivity index (χ2v) is 5.96. The van der Waals surface area contributed by atoms with Gasteiger partial charge in [-0.05, 0) is 25.1 Å². The monoisotopic (exact) mass is 370 g/mol. The van der Waals surface area contributed by atoms with Crippen LogP contribution < -0.4 is 10.9 Å². The Balaban J connectivity index is 1.60. The van der Waals surface area contributed by atoms with Gasteiger partial charge in [-0.3, -0.25) is 14.4 Å². The Morgan fingerprint density at radius 1 is 1.26 bits per heavy atom. The number of pyridine rings is 1. The molecule has 0 radical (unpaired) electrons. The smallest absolute Gasteiger partial charge is 0.289 e. The molecule has 2 amide bonds. The third-order valence-electron chi connectivity index (χ3n) is 3.72. The van der Waals surface area contributed by atoms with Crippen molar-refractivity contribution in [2.45, 2.75) is 13.5 Å². The van der Waals surface area contributed by atoms with Gasteiger partial charge in [-0.2, -0.15) is 0 Å². The second kappa shape index (κ2) is 7.73. The first kappa shape index (κ1) is 18.2. The van der Waals surface area contributed by atoms with Crippen molar-refractivity contribution >= 4 is 17.6 Å². The highest BCUT2D eigenvalue weighted by Gasteiger charge is 2.19. The predicted molar refractivity (Wildman–Crippen MR) is 95.3 cm³/mol. The average Bonchev–Trinajstić information content (AvgIpc) is 3.25. The van der Waals surface area contributed by atoms with E-state index in [1.165, 1.54) is 28.6 Å². The van der Waals surface area contributed by atoms with Gasteiger partial charge in [0.25, 0.3) is 11.5 Å². The van der Waals surface area contributed by atoms with Crippen LogP contribution >= 0.6 is 0 Å². The van der Waals surface area contributed by atoms with Gasteiger partial charge in [0, 0.05) is 25.4 Å². The average molecular weight is 370 g/mol. The zero-order valence-electron chi connectivity index (χ0n) is 14.8. The van der Waals surface area contributed by atoms with Gasteiger partial charge in [-0.1, -0.05) is 11.2 Å². The van der Waals surface area contributed by atoms with Crippen molar-refractivity contribution in [1.29, 1.82) is 0 Å². The number of carbonyl (C=O) groups excluding carboxylic acids is 2. The van der Waals surface area contributed by atoms with Crippen molar-refractivity contribution in [1.82, 2.24) is 14.6 Å². The second-order valence-electron chi connectivity index (χ2n) is 5.96. The molecule has 0 aliphatic rings. The molecule has 27 heavy (non-hydrogen) atoms. The lowest BCUT2D eigenvalue weighted by atomic mass is 10.3. The van der Waals surface area contributed by atoms with Gasteiger partial charge >= 0.3 is 0 Å². The van der Waals surface area contributed by atoms with Crippen LogP contribution in [0.1, 0.15) is 22.1 Å². The fourth-order valence-corrected chi connectivity index (χ4v) is 2.42. The summed E-state index contributed by atoms with van der Waals surface area (Å²) in [7, 11) is 1.49. The number of nitrogens with zero attached hydrogens (tertiary/aromatic N) is 3. The molecule has 0 unspecified atom stereocenters. The van der Waals surface area contributed by atoms with Crippen LogP contribution in [0.25, 0.3) is 0 Å². The SMILES string of the molecule is Cc1cc(NC(=O)CN(C)C(=O)c2ccc(Cn3ccccc3=O)o2)no1. The highest BCUT2D eigenvalue weighted by molar-refractivity contribution is 5.97. The fraction of sp³-hybridized carbons (Fsp3) is 0.222. The summed E-state index contributed by atoms with van der Waals surface area (Å²) in [4.78, 5) is 37.4. The number of likely N-dealkylation sites (N-methyl/N-ethyl adjacent to an activating group) is 1. The number of aromatic nitrogens is 2. The summed E-state index contributed by atoms with van der Waals surface area (Å²) in [5, 5.41) is 6.20. The molecular formula is C18H18N4O5. The quantitative estimate of drug-likeness (QED) is 0.704. The van der Waals surface area contributed by atoms with Crippen LogP contribution in [-0.4, -0.2) is 40.0 Å². The Morgan fingerprint density at radius 3 is 2.78 bits per heavy atom. The highest BCUT2D eigenvalue weighted by atomic mass is 16.5. The minimum atomic E-state index is -0.451. The van der Waals surface area contributed by atoms with Crippen molar-refractivity contribution < 1.29 is 18.5 Å². The number of anilines is 1. The van der Waals surface area contributed by atoms with Crippen LogP contribution in [-0.2, 0) is 11.3 Å². The van der Waals surface area contributed by atoms with Crippen LogP contribution in [0.3, 0.4) is 0 Å². The van der Waals surface area contributed by atoms with Crippen LogP contribution in [0.15, 0.2) is 56.3 Å². The molecule has 0 fully saturated rings. The number of carbonyl (C=O) groups is 2. The normalized spacial score (nSPS) is 10.6. The van der Waals surface area contributed by atoms with Crippen molar-refractivity contribution in [3.8, 4) is 0 Å². The molecule has 0 aliphatic heterocycles. The van der Waals surface area contributed by atoms with Crippen molar-refractivity contribution in [3.05, 3.63) is 70.2 Å². The number of aryl methyl sites for hydroxylation is 1. The molecular weight excluding hydrogens is 352 g/mol. The minimum absolute atomic E-state index is 0.0848. The maximum atomic E-state index is 12.4. The van der Waals surface area contributed by atoms with Crippen LogP contribution in [0, 0.1) is 6.92 Å². The molecule has 3 aromatic rings. The Kier molecular flexibility index (Phi) is 5.20. The summed E-state index contributed by atoms with van der Waals surface area (Å²) in [6, 6.07) is 9.54. The molecule has 0 aromatic carbocycles. The lowest BCUT2D eigenvalue weighted by Crippen LogP contribution is -2.34. The summed E-state index contributed by atoms with van der Waals surface area (Å²) in [5.41, 5.74) is -0.168. The molecule has 9 heteroatoms. The molecule has 0 bridgehead atoms. The molecule has 3 aromatic heterocycles. The molecule has 0 aliphatic carbocycles. The summed E-state index contributed by atoms with van der Waals surface area (Å²) in [5.74, 6) is 0.529. The lowest BCUT2D eigenvalue weighted by Gasteiger charge is -2.14. The first-order valence-corrected chi connectivity index (χ1v) is 8.15. The van der Waals surface area contributed by atoms with Gasteiger partial charge in [0.1, 0.15) is 18.1 Å². The molecule has 3 rings (SSSR count). The third kappa shape index (κ3) is 4.51. The first-order valence-electron chi connectivity index (χ1n) is 8.15. The largest absolute Gasteiger partial charge is 0.454 e. The number of nitrogens with one attached hydrogen (secondary N) is 1. The molecule has 140 valence electrons. The van der Waals surface area contributed by atoms with Crippen molar-refractivity contribution in [2.75, 3.05) is 18.9 Å². The van der Waals surface area contributed by atoms with E-state index in [1.54, 1.807) is 37.4 Å². The van der Waals surface area contributed by atoms with Crippen molar-refractivity contribution in [3.63, 3.8) is 0 Å². The zero-order valence-corrected chi connectivity index (χ0v) is 14.8. The third-order valence-corrected chi connectivity index (χ3v) is 3.72. The lowest BCUT2D eigenvalue weighted by molar-refractivity contribution is -0.116. The van der Waals surface area contributed by atoms with Gasteiger partial charge in [0.15, 0.2) is 11.6 Å². The summed E-state index contributed by atoms with van der Waals surface area (Å²) < 4.78 is 11.8. The maximum absolute atomic E-state index is 12.4. The van der Waals surface area contributed by atoms with E-state index in [0.717, 1.165) is 0 Å². The molecule has 3 heterocycles. The molecule has 1 N–H and O–H groups in total. The van der Waals surface area contributed by atoms with E-state index in [4.69, 9.17) is 8.94 Å².